The minimum atomic E-state index is -0.205. The van der Waals surface area contributed by atoms with E-state index in [-0.39, 0.29) is 18.3 Å². The van der Waals surface area contributed by atoms with Gasteiger partial charge in [0.15, 0.2) is 5.84 Å². The molecule has 0 radical (unpaired) electrons. The van der Waals surface area contributed by atoms with Crippen molar-refractivity contribution in [3.8, 4) is 0 Å². The van der Waals surface area contributed by atoms with Gasteiger partial charge in [0.2, 0.25) is 0 Å². The third-order valence-corrected chi connectivity index (χ3v) is 2.64. The number of amidine groups is 1. The van der Waals surface area contributed by atoms with E-state index in [1.807, 2.05) is 18.4 Å². The maximum atomic E-state index is 11.5. The van der Waals surface area contributed by atoms with E-state index in [0.717, 1.165) is 5.56 Å². The van der Waals surface area contributed by atoms with E-state index >= 15 is 0 Å². The second kappa shape index (κ2) is 4.61. The van der Waals surface area contributed by atoms with Crippen LogP contribution in [0.4, 0.5) is 0 Å². The molecule has 0 fully saturated rings. The molecule has 0 saturated heterocycles. The molecule has 0 bridgehead atoms. The van der Waals surface area contributed by atoms with E-state index in [2.05, 4.69) is 10.5 Å². The van der Waals surface area contributed by atoms with Gasteiger partial charge in [-0.05, 0) is 23.9 Å². The van der Waals surface area contributed by atoms with Crippen LogP contribution in [-0.4, -0.2) is 23.5 Å². The number of oxime groups is 1. The van der Waals surface area contributed by atoms with Crippen molar-refractivity contribution in [2.45, 2.75) is 6.92 Å². The Morgan fingerprint density at radius 2 is 2.50 bits per heavy atom. The second-order valence-corrected chi connectivity index (χ2v) is 3.62. The first-order valence-corrected chi connectivity index (χ1v) is 4.82. The van der Waals surface area contributed by atoms with E-state index in [1.165, 1.54) is 11.3 Å². The van der Waals surface area contributed by atoms with Gasteiger partial charge in [0.05, 0.1) is 11.4 Å². The second-order valence-electron chi connectivity index (χ2n) is 2.71. The van der Waals surface area contributed by atoms with Gasteiger partial charge in [0, 0.05) is 0 Å². The Balaban J connectivity index is 2.56. The van der Waals surface area contributed by atoms with Crippen molar-refractivity contribution in [3.05, 3.63) is 21.9 Å². The number of rotatable bonds is 3. The summed E-state index contributed by atoms with van der Waals surface area (Å²) in [7, 11) is 0. The molecule has 1 heterocycles. The smallest absolute Gasteiger partial charge is 0.261 e. The van der Waals surface area contributed by atoms with E-state index in [4.69, 9.17) is 10.9 Å². The molecule has 0 aliphatic rings. The Morgan fingerprint density at radius 1 is 1.79 bits per heavy atom. The van der Waals surface area contributed by atoms with Crippen molar-refractivity contribution in [3.63, 3.8) is 0 Å². The zero-order chi connectivity index (χ0) is 10.6. The van der Waals surface area contributed by atoms with Crippen LogP contribution in [0.15, 0.2) is 16.6 Å². The molecule has 1 aromatic rings. The Bertz CT molecular complexity index is 359. The number of thiophene rings is 1. The van der Waals surface area contributed by atoms with Crippen LogP contribution < -0.4 is 11.1 Å². The highest BCUT2D eigenvalue weighted by molar-refractivity contribution is 7.12. The average Bonchev–Trinajstić information content (AvgIpc) is 2.60. The summed E-state index contributed by atoms with van der Waals surface area (Å²) in [6.07, 6.45) is 0. The van der Waals surface area contributed by atoms with E-state index in [0.29, 0.717) is 4.88 Å². The summed E-state index contributed by atoms with van der Waals surface area (Å²) in [4.78, 5) is 12.1. The number of carbonyl (C=O) groups excluding carboxylic acids is 1. The predicted octanol–water partition coefficient (Wildman–Crippen LogP) is 0.533. The molecule has 1 rings (SSSR count). The zero-order valence-electron chi connectivity index (χ0n) is 7.65. The minimum absolute atomic E-state index is 0.0208. The maximum absolute atomic E-state index is 11.5. The highest BCUT2D eigenvalue weighted by Gasteiger charge is 2.09. The van der Waals surface area contributed by atoms with E-state index in [9.17, 15) is 4.79 Å². The number of nitrogens with two attached hydrogens (primary N) is 1. The summed E-state index contributed by atoms with van der Waals surface area (Å²) in [6, 6.07) is 1.86. The van der Waals surface area contributed by atoms with Gasteiger partial charge in [0.25, 0.3) is 5.91 Å². The standard InChI is InChI=1S/C8H11N3O2S/c1-5-2-3-14-7(5)8(12)10-4-6(9)11-13/h2-3,13H,4H2,1H3,(H2,9,11)(H,10,12). The van der Waals surface area contributed by atoms with Crippen molar-refractivity contribution >= 4 is 23.1 Å². The summed E-state index contributed by atoms with van der Waals surface area (Å²) in [5.74, 6) is -0.225. The Hall–Kier alpha value is -1.56. The van der Waals surface area contributed by atoms with E-state index < -0.39 is 0 Å². The SMILES string of the molecule is Cc1ccsc1C(=O)NC/C(N)=N/O. The number of carbonyl (C=O) groups is 1. The molecule has 0 spiro atoms. The van der Waals surface area contributed by atoms with Gasteiger partial charge in [-0.3, -0.25) is 4.79 Å². The Morgan fingerprint density at radius 3 is 3.00 bits per heavy atom. The van der Waals surface area contributed by atoms with Crippen LogP contribution in [0, 0.1) is 6.92 Å². The number of amides is 1. The molecule has 76 valence electrons. The van der Waals surface area contributed by atoms with Gasteiger partial charge in [-0.25, -0.2) is 0 Å². The topological polar surface area (TPSA) is 87.7 Å². The number of hydrogen-bond acceptors (Lipinski definition) is 4. The highest BCUT2D eigenvalue weighted by Crippen LogP contribution is 2.14. The first kappa shape index (κ1) is 10.5. The van der Waals surface area contributed by atoms with E-state index in [1.54, 1.807) is 0 Å². The molecule has 0 aliphatic carbocycles. The lowest BCUT2D eigenvalue weighted by Crippen LogP contribution is -2.33. The first-order chi connectivity index (χ1) is 6.65. The molecule has 1 aromatic heterocycles. The minimum Gasteiger partial charge on any atom is -0.409 e. The third-order valence-electron chi connectivity index (χ3n) is 1.63. The molecule has 0 unspecified atom stereocenters. The zero-order valence-corrected chi connectivity index (χ0v) is 8.47. The maximum Gasteiger partial charge on any atom is 0.261 e. The summed E-state index contributed by atoms with van der Waals surface area (Å²) in [5, 5.41) is 15.4. The lowest BCUT2D eigenvalue weighted by molar-refractivity contribution is 0.0962. The summed E-state index contributed by atoms with van der Waals surface area (Å²) in [6.45, 7) is 1.90. The van der Waals surface area contributed by atoms with Crippen LogP contribution in [0.2, 0.25) is 0 Å². The van der Waals surface area contributed by atoms with Crippen molar-refractivity contribution in [1.82, 2.24) is 5.32 Å². The van der Waals surface area contributed by atoms with Gasteiger partial charge in [-0.15, -0.1) is 11.3 Å². The Kier molecular flexibility index (Phi) is 3.47. The van der Waals surface area contributed by atoms with Crippen LogP contribution in [0.25, 0.3) is 0 Å². The molecule has 5 nitrogen and oxygen atoms in total. The van der Waals surface area contributed by atoms with Crippen LogP contribution >= 0.6 is 11.3 Å². The number of nitrogens with zero attached hydrogens (tertiary/aromatic N) is 1. The van der Waals surface area contributed by atoms with Crippen molar-refractivity contribution in [2.24, 2.45) is 10.9 Å². The summed E-state index contributed by atoms with van der Waals surface area (Å²) < 4.78 is 0. The largest absolute Gasteiger partial charge is 0.409 e. The van der Waals surface area contributed by atoms with Crippen molar-refractivity contribution < 1.29 is 10.0 Å². The first-order valence-electron chi connectivity index (χ1n) is 3.94. The van der Waals surface area contributed by atoms with Crippen molar-refractivity contribution in [1.29, 1.82) is 0 Å². The molecule has 0 saturated carbocycles. The van der Waals surface area contributed by atoms with Gasteiger partial charge < -0.3 is 16.3 Å². The predicted molar refractivity (Wildman–Crippen MR) is 54.8 cm³/mol. The van der Waals surface area contributed by atoms with Crippen LogP contribution in [0.3, 0.4) is 0 Å². The van der Waals surface area contributed by atoms with Gasteiger partial charge in [0.1, 0.15) is 0 Å². The lowest BCUT2D eigenvalue weighted by atomic mass is 10.3. The number of aryl methyl sites for hydroxylation is 1. The molecular formula is C8H11N3O2S. The summed E-state index contributed by atoms with van der Waals surface area (Å²) in [5.41, 5.74) is 6.12. The Labute approximate surface area is 85.2 Å². The van der Waals surface area contributed by atoms with Crippen LogP contribution in [0.5, 0.6) is 0 Å². The van der Waals surface area contributed by atoms with Crippen LogP contribution in [0.1, 0.15) is 15.2 Å². The van der Waals surface area contributed by atoms with Crippen molar-refractivity contribution in [2.75, 3.05) is 6.54 Å². The number of hydrogen-bond donors (Lipinski definition) is 3. The monoisotopic (exact) mass is 213 g/mol. The molecule has 1 amide bonds. The molecule has 14 heavy (non-hydrogen) atoms. The fourth-order valence-corrected chi connectivity index (χ4v) is 1.73. The van der Waals surface area contributed by atoms with Gasteiger partial charge in [-0.1, -0.05) is 5.16 Å². The molecule has 4 N–H and O–H groups in total. The van der Waals surface area contributed by atoms with Crippen LogP contribution in [-0.2, 0) is 0 Å². The molecular weight excluding hydrogens is 202 g/mol. The lowest BCUT2D eigenvalue weighted by Gasteiger charge is -2.02. The molecule has 0 atom stereocenters. The quantitative estimate of drug-likeness (QED) is 0.296. The van der Waals surface area contributed by atoms with Gasteiger partial charge in [-0.2, -0.15) is 0 Å². The van der Waals surface area contributed by atoms with Gasteiger partial charge >= 0.3 is 0 Å². The molecule has 6 heteroatoms. The third kappa shape index (κ3) is 2.46. The molecule has 0 aromatic carbocycles. The summed E-state index contributed by atoms with van der Waals surface area (Å²) >= 11 is 1.36. The normalized spacial score (nSPS) is 11.4. The number of nitrogens with one attached hydrogen (secondary N) is 1. The molecule has 0 aliphatic heterocycles. The fourth-order valence-electron chi connectivity index (χ4n) is 0.892. The fraction of sp³-hybridized carbons (Fsp3) is 0.250. The average molecular weight is 213 g/mol. The highest BCUT2D eigenvalue weighted by atomic mass is 32.1.